The number of carboxylic acids is 1. The molecule has 3 heteroatoms. The van der Waals surface area contributed by atoms with Gasteiger partial charge in [-0.1, -0.05) is 19.3 Å². The Bertz CT molecular complexity index is 678. The molecule has 1 aliphatic carbocycles. The van der Waals surface area contributed by atoms with E-state index in [4.69, 9.17) is 5.11 Å². The summed E-state index contributed by atoms with van der Waals surface area (Å²) in [5.74, 6) is -0.0828. The zero-order valence-corrected chi connectivity index (χ0v) is 12.9. The van der Waals surface area contributed by atoms with Crippen molar-refractivity contribution in [3.63, 3.8) is 0 Å². The van der Waals surface area contributed by atoms with Gasteiger partial charge in [0.15, 0.2) is 0 Å². The third-order valence-electron chi connectivity index (χ3n) is 5.05. The highest BCUT2D eigenvalue weighted by molar-refractivity contribution is 5.95. The van der Waals surface area contributed by atoms with Gasteiger partial charge in [0, 0.05) is 23.1 Å². The fraction of sp³-hybridized carbons (Fsp3) is 0.500. The summed E-state index contributed by atoms with van der Waals surface area (Å²) in [6.45, 7) is 5.32. The van der Waals surface area contributed by atoms with E-state index in [1.165, 1.54) is 48.9 Å². The van der Waals surface area contributed by atoms with Crippen molar-refractivity contribution in [1.29, 1.82) is 0 Å². The van der Waals surface area contributed by atoms with Gasteiger partial charge in [0.1, 0.15) is 0 Å². The first-order valence-corrected chi connectivity index (χ1v) is 7.90. The van der Waals surface area contributed by atoms with Crippen molar-refractivity contribution in [2.24, 2.45) is 5.92 Å². The van der Waals surface area contributed by atoms with Crippen LogP contribution in [0.25, 0.3) is 10.9 Å². The summed E-state index contributed by atoms with van der Waals surface area (Å²) in [4.78, 5) is 11.2. The number of aromatic carboxylic acids is 1. The Balaban J connectivity index is 2.01. The van der Waals surface area contributed by atoms with Crippen molar-refractivity contribution in [2.45, 2.75) is 52.5 Å². The molecule has 0 unspecified atom stereocenters. The third kappa shape index (κ3) is 2.57. The molecule has 3 rings (SSSR count). The van der Waals surface area contributed by atoms with Gasteiger partial charge >= 0.3 is 5.97 Å². The largest absolute Gasteiger partial charge is 0.478 e. The molecule has 1 saturated carbocycles. The number of aromatic nitrogens is 1. The molecule has 21 heavy (non-hydrogen) atoms. The van der Waals surface area contributed by atoms with E-state index in [1.54, 1.807) is 6.07 Å². The fourth-order valence-corrected chi connectivity index (χ4v) is 3.65. The van der Waals surface area contributed by atoms with Crippen LogP contribution in [-0.4, -0.2) is 15.6 Å². The van der Waals surface area contributed by atoms with E-state index in [1.807, 2.05) is 12.1 Å². The van der Waals surface area contributed by atoms with Crippen LogP contribution in [0.3, 0.4) is 0 Å². The molecular formula is C18H23NO2. The van der Waals surface area contributed by atoms with E-state index in [9.17, 15) is 4.79 Å². The summed E-state index contributed by atoms with van der Waals surface area (Å²) >= 11 is 0. The van der Waals surface area contributed by atoms with Crippen LogP contribution in [0.4, 0.5) is 0 Å². The summed E-state index contributed by atoms with van der Waals surface area (Å²) in [6, 6.07) is 5.51. The minimum absolute atomic E-state index is 0.375. The molecule has 1 N–H and O–H groups in total. The molecule has 0 amide bonds. The van der Waals surface area contributed by atoms with Gasteiger partial charge in [-0.2, -0.15) is 0 Å². The highest BCUT2D eigenvalue weighted by Gasteiger charge is 2.18. The molecule has 1 aromatic heterocycles. The molecule has 3 nitrogen and oxygen atoms in total. The Morgan fingerprint density at radius 1 is 1.24 bits per heavy atom. The average molecular weight is 285 g/mol. The van der Waals surface area contributed by atoms with E-state index in [-0.39, 0.29) is 0 Å². The molecule has 0 aliphatic heterocycles. The maximum atomic E-state index is 11.2. The number of benzene rings is 1. The first-order chi connectivity index (χ1) is 10.1. The zero-order valence-electron chi connectivity index (χ0n) is 12.9. The normalized spacial score (nSPS) is 16.5. The van der Waals surface area contributed by atoms with Crippen LogP contribution < -0.4 is 0 Å². The maximum absolute atomic E-state index is 11.2. The van der Waals surface area contributed by atoms with Gasteiger partial charge in [-0.15, -0.1) is 0 Å². The van der Waals surface area contributed by atoms with E-state index in [0.717, 1.165) is 17.8 Å². The second kappa shape index (κ2) is 5.55. The lowest BCUT2D eigenvalue weighted by Crippen LogP contribution is -2.15. The number of fused-ring (bicyclic) bond motifs is 1. The number of aryl methyl sites for hydroxylation is 1. The predicted molar refractivity (Wildman–Crippen MR) is 84.9 cm³/mol. The molecule has 0 spiro atoms. The average Bonchev–Trinajstić information content (AvgIpc) is 2.73. The maximum Gasteiger partial charge on any atom is 0.335 e. The van der Waals surface area contributed by atoms with Gasteiger partial charge < -0.3 is 9.67 Å². The monoisotopic (exact) mass is 285 g/mol. The number of hydrogen-bond donors (Lipinski definition) is 1. The minimum Gasteiger partial charge on any atom is -0.478 e. The van der Waals surface area contributed by atoms with Gasteiger partial charge in [-0.3, -0.25) is 0 Å². The van der Waals surface area contributed by atoms with Crippen LogP contribution in [0.2, 0.25) is 0 Å². The topological polar surface area (TPSA) is 42.2 Å². The molecule has 1 aliphatic rings. The summed E-state index contributed by atoms with van der Waals surface area (Å²) in [5.41, 5.74) is 4.04. The van der Waals surface area contributed by atoms with Crippen molar-refractivity contribution in [1.82, 2.24) is 4.57 Å². The second-order valence-electron chi connectivity index (χ2n) is 6.36. The quantitative estimate of drug-likeness (QED) is 0.899. The number of rotatable bonds is 3. The number of nitrogens with zero attached hydrogens (tertiary/aromatic N) is 1. The van der Waals surface area contributed by atoms with Crippen molar-refractivity contribution in [3.05, 3.63) is 35.0 Å². The van der Waals surface area contributed by atoms with Gasteiger partial charge in [0.05, 0.1) is 5.56 Å². The molecule has 0 atom stereocenters. The Morgan fingerprint density at radius 3 is 2.62 bits per heavy atom. The molecule has 112 valence electrons. The highest BCUT2D eigenvalue weighted by atomic mass is 16.4. The number of carbonyl (C=O) groups is 1. The van der Waals surface area contributed by atoms with Crippen molar-refractivity contribution in [3.8, 4) is 0 Å². The van der Waals surface area contributed by atoms with Crippen molar-refractivity contribution >= 4 is 16.9 Å². The van der Waals surface area contributed by atoms with Gasteiger partial charge in [0.25, 0.3) is 0 Å². The van der Waals surface area contributed by atoms with E-state index < -0.39 is 5.97 Å². The Kier molecular flexibility index (Phi) is 3.75. The summed E-state index contributed by atoms with van der Waals surface area (Å²) in [6.07, 6.45) is 6.73. The number of hydrogen-bond acceptors (Lipinski definition) is 1. The van der Waals surface area contributed by atoms with Crippen LogP contribution in [0.1, 0.15) is 53.7 Å². The second-order valence-corrected chi connectivity index (χ2v) is 6.36. The van der Waals surface area contributed by atoms with E-state index >= 15 is 0 Å². The molecule has 1 aromatic carbocycles. The zero-order chi connectivity index (χ0) is 15.0. The molecule has 0 radical (unpaired) electrons. The Labute approximate surface area is 125 Å². The van der Waals surface area contributed by atoms with Gasteiger partial charge in [0.2, 0.25) is 0 Å². The minimum atomic E-state index is -0.853. The summed E-state index contributed by atoms with van der Waals surface area (Å²) < 4.78 is 2.40. The third-order valence-corrected chi connectivity index (χ3v) is 5.05. The molecule has 1 fully saturated rings. The lowest BCUT2D eigenvalue weighted by Gasteiger charge is -2.23. The summed E-state index contributed by atoms with van der Waals surface area (Å²) in [5, 5.41) is 10.3. The molecule has 0 saturated heterocycles. The highest BCUT2D eigenvalue weighted by Crippen LogP contribution is 2.31. The van der Waals surface area contributed by atoms with Crippen LogP contribution >= 0.6 is 0 Å². The predicted octanol–water partition coefficient (Wildman–Crippen LogP) is 4.54. The standard InChI is InChI=1S/C18H23NO2/c1-12-13(2)19(11-14-6-4-3-5-7-14)17-9-8-15(18(20)21)10-16(12)17/h8-10,14H,3-7,11H2,1-2H3,(H,20,21). The van der Waals surface area contributed by atoms with Crippen molar-refractivity contribution in [2.75, 3.05) is 0 Å². The van der Waals surface area contributed by atoms with Crippen LogP contribution in [0.15, 0.2) is 18.2 Å². The lowest BCUT2D eigenvalue weighted by atomic mass is 9.89. The SMILES string of the molecule is Cc1c(C)n(CC2CCCCC2)c2ccc(C(=O)O)cc12. The van der Waals surface area contributed by atoms with E-state index in [2.05, 4.69) is 18.4 Å². The van der Waals surface area contributed by atoms with Gasteiger partial charge in [-0.05, 0) is 56.4 Å². The summed E-state index contributed by atoms with van der Waals surface area (Å²) in [7, 11) is 0. The Hall–Kier alpha value is -1.77. The number of carboxylic acid groups (broad SMARTS) is 1. The molecular weight excluding hydrogens is 262 g/mol. The fourth-order valence-electron chi connectivity index (χ4n) is 3.65. The van der Waals surface area contributed by atoms with Crippen LogP contribution in [0.5, 0.6) is 0 Å². The molecule has 1 heterocycles. The van der Waals surface area contributed by atoms with Crippen molar-refractivity contribution < 1.29 is 9.90 Å². The smallest absolute Gasteiger partial charge is 0.335 e. The van der Waals surface area contributed by atoms with E-state index in [0.29, 0.717) is 5.56 Å². The molecule has 0 bridgehead atoms. The first kappa shape index (κ1) is 14.2. The van der Waals surface area contributed by atoms with Gasteiger partial charge in [-0.25, -0.2) is 4.79 Å². The van der Waals surface area contributed by atoms with Crippen LogP contribution in [0, 0.1) is 19.8 Å². The lowest BCUT2D eigenvalue weighted by molar-refractivity contribution is 0.0697. The van der Waals surface area contributed by atoms with Crippen LogP contribution in [-0.2, 0) is 6.54 Å². The molecule has 2 aromatic rings. The Morgan fingerprint density at radius 2 is 1.95 bits per heavy atom. The first-order valence-electron chi connectivity index (χ1n) is 7.90.